The number of hydrogen-bond donors (Lipinski definition) is 0. The first-order chi connectivity index (χ1) is 7.20. The van der Waals surface area contributed by atoms with E-state index in [-0.39, 0.29) is 0 Å². The van der Waals surface area contributed by atoms with Crippen LogP contribution in [0.2, 0.25) is 0 Å². The van der Waals surface area contributed by atoms with Crippen LogP contribution in [0.5, 0.6) is 0 Å². The number of ether oxygens (including phenoxy) is 1. The molecule has 0 atom stereocenters. The van der Waals surface area contributed by atoms with E-state index < -0.39 is 0 Å². The fourth-order valence-corrected chi connectivity index (χ4v) is 1.69. The van der Waals surface area contributed by atoms with Crippen LogP contribution in [0, 0.1) is 5.92 Å². The molecule has 1 rings (SSSR count). The molecule has 0 aromatic carbocycles. The van der Waals surface area contributed by atoms with Gasteiger partial charge in [-0.3, -0.25) is 4.79 Å². The fraction of sp³-hybridized carbons (Fsp3) is 0.917. The first-order valence-corrected chi connectivity index (χ1v) is 6.05. The van der Waals surface area contributed by atoms with Crippen molar-refractivity contribution in [2.45, 2.75) is 39.5 Å². The van der Waals surface area contributed by atoms with E-state index in [4.69, 9.17) is 4.74 Å². The number of amides is 1. The zero-order chi connectivity index (χ0) is 11.1. The van der Waals surface area contributed by atoms with Crippen molar-refractivity contribution in [1.82, 2.24) is 4.90 Å². The fourth-order valence-electron chi connectivity index (χ4n) is 1.69. The molecule has 0 aromatic heterocycles. The second kappa shape index (κ2) is 6.83. The average Bonchev–Trinajstić information content (AvgIpc) is 2.20. The average molecular weight is 213 g/mol. The van der Waals surface area contributed by atoms with Crippen molar-refractivity contribution in [3.05, 3.63) is 0 Å². The van der Waals surface area contributed by atoms with Gasteiger partial charge < -0.3 is 9.64 Å². The lowest BCUT2D eigenvalue weighted by atomic mass is 10.1. The SMILES string of the molecule is CC(C)CCOCCN1CCCCC1=O. The Bertz CT molecular complexity index is 192. The molecule has 0 aliphatic carbocycles. The van der Waals surface area contributed by atoms with Crippen LogP contribution >= 0.6 is 0 Å². The van der Waals surface area contributed by atoms with E-state index in [0.717, 1.165) is 45.4 Å². The summed E-state index contributed by atoms with van der Waals surface area (Å²) in [5.74, 6) is 0.996. The number of rotatable bonds is 6. The molecule has 15 heavy (non-hydrogen) atoms. The van der Waals surface area contributed by atoms with Gasteiger partial charge in [-0.15, -0.1) is 0 Å². The van der Waals surface area contributed by atoms with Crippen molar-refractivity contribution >= 4 is 5.91 Å². The van der Waals surface area contributed by atoms with E-state index in [1.807, 2.05) is 4.90 Å². The summed E-state index contributed by atoms with van der Waals surface area (Å²) in [5, 5.41) is 0. The predicted molar refractivity (Wildman–Crippen MR) is 60.7 cm³/mol. The number of carbonyl (C=O) groups excluding carboxylic acids is 1. The van der Waals surface area contributed by atoms with Gasteiger partial charge in [-0.25, -0.2) is 0 Å². The van der Waals surface area contributed by atoms with E-state index in [9.17, 15) is 4.79 Å². The molecule has 1 fully saturated rings. The van der Waals surface area contributed by atoms with Gasteiger partial charge >= 0.3 is 0 Å². The van der Waals surface area contributed by atoms with Gasteiger partial charge in [0.05, 0.1) is 6.61 Å². The lowest BCUT2D eigenvalue weighted by Crippen LogP contribution is -2.37. The van der Waals surface area contributed by atoms with Gasteiger partial charge in [0, 0.05) is 26.1 Å². The summed E-state index contributed by atoms with van der Waals surface area (Å²) in [4.78, 5) is 13.4. The Labute approximate surface area is 92.8 Å². The molecule has 1 aliphatic heterocycles. The minimum absolute atomic E-state index is 0.300. The third-order valence-electron chi connectivity index (χ3n) is 2.77. The molecule has 0 saturated carbocycles. The van der Waals surface area contributed by atoms with E-state index in [1.54, 1.807) is 0 Å². The van der Waals surface area contributed by atoms with Gasteiger partial charge in [0.15, 0.2) is 0 Å². The standard InChI is InChI=1S/C12H23NO2/c1-11(2)6-9-15-10-8-13-7-4-3-5-12(13)14/h11H,3-10H2,1-2H3. The summed E-state index contributed by atoms with van der Waals surface area (Å²) in [6.45, 7) is 7.59. The highest BCUT2D eigenvalue weighted by Crippen LogP contribution is 2.09. The van der Waals surface area contributed by atoms with Crippen LogP contribution < -0.4 is 0 Å². The zero-order valence-electron chi connectivity index (χ0n) is 10.00. The van der Waals surface area contributed by atoms with Gasteiger partial charge in [0.25, 0.3) is 0 Å². The van der Waals surface area contributed by atoms with Crippen LogP contribution in [0.4, 0.5) is 0 Å². The van der Waals surface area contributed by atoms with Gasteiger partial charge in [0.1, 0.15) is 0 Å². The van der Waals surface area contributed by atoms with Crippen molar-refractivity contribution in [3.8, 4) is 0 Å². The molecule has 1 heterocycles. The molecule has 1 amide bonds. The highest BCUT2D eigenvalue weighted by Gasteiger charge is 2.16. The normalized spacial score (nSPS) is 17.5. The van der Waals surface area contributed by atoms with Crippen LogP contribution in [0.25, 0.3) is 0 Å². The minimum Gasteiger partial charge on any atom is -0.380 e. The number of piperidine rings is 1. The van der Waals surface area contributed by atoms with Crippen molar-refractivity contribution in [1.29, 1.82) is 0 Å². The van der Waals surface area contributed by atoms with Crippen LogP contribution in [-0.2, 0) is 9.53 Å². The Kier molecular flexibility index (Phi) is 5.69. The van der Waals surface area contributed by atoms with Crippen molar-refractivity contribution in [2.75, 3.05) is 26.3 Å². The molecule has 0 unspecified atom stereocenters. The molecular weight excluding hydrogens is 190 g/mol. The quantitative estimate of drug-likeness (QED) is 0.632. The molecule has 3 heteroatoms. The lowest BCUT2D eigenvalue weighted by Gasteiger charge is -2.26. The molecule has 3 nitrogen and oxygen atoms in total. The molecule has 0 bridgehead atoms. The topological polar surface area (TPSA) is 29.5 Å². The molecular formula is C12H23NO2. The van der Waals surface area contributed by atoms with Crippen molar-refractivity contribution in [2.24, 2.45) is 5.92 Å². The van der Waals surface area contributed by atoms with Crippen molar-refractivity contribution < 1.29 is 9.53 Å². The highest BCUT2D eigenvalue weighted by molar-refractivity contribution is 5.76. The summed E-state index contributed by atoms with van der Waals surface area (Å²) < 4.78 is 5.50. The zero-order valence-corrected chi connectivity index (χ0v) is 10.00. The van der Waals surface area contributed by atoms with E-state index in [2.05, 4.69) is 13.8 Å². The third-order valence-corrected chi connectivity index (χ3v) is 2.77. The number of likely N-dealkylation sites (tertiary alicyclic amines) is 1. The molecule has 0 aromatic rings. The van der Waals surface area contributed by atoms with Gasteiger partial charge in [0.2, 0.25) is 5.91 Å². The van der Waals surface area contributed by atoms with E-state index in [1.165, 1.54) is 0 Å². The summed E-state index contributed by atoms with van der Waals surface area (Å²) in [6, 6.07) is 0. The number of hydrogen-bond acceptors (Lipinski definition) is 2. The molecule has 0 radical (unpaired) electrons. The maximum Gasteiger partial charge on any atom is 0.222 e. The summed E-state index contributed by atoms with van der Waals surface area (Å²) in [5.41, 5.74) is 0. The minimum atomic E-state index is 0.300. The predicted octanol–water partition coefficient (Wildman–Crippen LogP) is 2.06. The van der Waals surface area contributed by atoms with Gasteiger partial charge in [-0.05, 0) is 25.2 Å². The number of carbonyl (C=O) groups is 1. The van der Waals surface area contributed by atoms with Gasteiger partial charge in [-0.1, -0.05) is 13.8 Å². The monoisotopic (exact) mass is 213 g/mol. The molecule has 1 aliphatic rings. The van der Waals surface area contributed by atoms with Crippen LogP contribution in [-0.4, -0.2) is 37.1 Å². The Hall–Kier alpha value is -0.570. The smallest absolute Gasteiger partial charge is 0.222 e. The van der Waals surface area contributed by atoms with E-state index >= 15 is 0 Å². The summed E-state index contributed by atoms with van der Waals surface area (Å²) in [6.07, 6.45) is 4.04. The third kappa shape index (κ3) is 5.17. The maximum absolute atomic E-state index is 11.4. The molecule has 0 N–H and O–H groups in total. The lowest BCUT2D eigenvalue weighted by molar-refractivity contribution is -0.134. The van der Waals surface area contributed by atoms with E-state index in [0.29, 0.717) is 18.4 Å². The summed E-state index contributed by atoms with van der Waals surface area (Å²) >= 11 is 0. The van der Waals surface area contributed by atoms with Crippen LogP contribution in [0.1, 0.15) is 39.5 Å². The molecule has 1 saturated heterocycles. The Morgan fingerprint density at radius 1 is 1.33 bits per heavy atom. The van der Waals surface area contributed by atoms with Crippen molar-refractivity contribution in [3.63, 3.8) is 0 Å². The maximum atomic E-state index is 11.4. The second-order valence-electron chi connectivity index (χ2n) is 4.63. The Balaban J connectivity index is 2.01. The first kappa shape index (κ1) is 12.5. The Morgan fingerprint density at radius 2 is 2.13 bits per heavy atom. The van der Waals surface area contributed by atoms with Crippen LogP contribution in [0.3, 0.4) is 0 Å². The summed E-state index contributed by atoms with van der Waals surface area (Å²) in [7, 11) is 0. The van der Waals surface area contributed by atoms with Gasteiger partial charge in [-0.2, -0.15) is 0 Å². The first-order valence-electron chi connectivity index (χ1n) is 6.05. The molecule has 88 valence electrons. The highest BCUT2D eigenvalue weighted by atomic mass is 16.5. The van der Waals surface area contributed by atoms with Crippen LogP contribution in [0.15, 0.2) is 0 Å². The largest absolute Gasteiger partial charge is 0.380 e. The Morgan fingerprint density at radius 3 is 2.80 bits per heavy atom. The molecule has 0 spiro atoms. The second-order valence-corrected chi connectivity index (χ2v) is 4.63. The number of nitrogens with zero attached hydrogens (tertiary/aromatic N) is 1.